The number of fused-ring (bicyclic) bond motifs is 2. The van der Waals surface area contributed by atoms with Crippen LogP contribution in [0.3, 0.4) is 0 Å². The zero-order chi connectivity index (χ0) is 19.3. The highest BCUT2D eigenvalue weighted by Crippen LogP contribution is 2.41. The molecule has 138 valence electrons. The smallest absolute Gasteiger partial charge is 0.279 e. The van der Waals surface area contributed by atoms with Crippen molar-refractivity contribution in [1.29, 1.82) is 0 Å². The van der Waals surface area contributed by atoms with E-state index in [-0.39, 0.29) is 40.3 Å². The van der Waals surface area contributed by atoms with Gasteiger partial charge in [0.1, 0.15) is 11.5 Å². The van der Waals surface area contributed by atoms with Crippen LogP contribution in [0.5, 0.6) is 11.5 Å². The number of hydrogen-bond acceptors (Lipinski definition) is 4. The second-order valence-electron chi connectivity index (χ2n) is 5.97. The van der Waals surface area contributed by atoms with Crippen molar-refractivity contribution in [2.24, 2.45) is 0 Å². The molecule has 0 radical (unpaired) electrons. The van der Waals surface area contributed by atoms with Gasteiger partial charge in [-0.2, -0.15) is 9.49 Å². The van der Waals surface area contributed by atoms with Crippen LogP contribution < -0.4 is 15.0 Å². The molecule has 0 saturated heterocycles. The minimum absolute atomic E-state index is 0.00123. The van der Waals surface area contributed by atoms with Gasteiger partial charge < -0.3 is 9.47 Å². The van der Waals surface area contributed by atoms with Crippen molar-refractivity contribution in [3.63, 3.8) is 0 Å². The van der Waals surface area contributed by atoms with Crippen molar-refractivity contribution in [3.8, 4) is 22.8 Å². The van der Waals surface area contributed by atoms with E-state index in [1.165, 1.54) is 12.1 Å². The third-order valence-electron chi connectivity index (χ3n) is 4.41. The second-order valence-corrected chi connectivity index (χ2v) is 5.97. The summed E-state index contributed by atoms with van der Waals surface area (Å²) in [6.07, 6.45) is 1.62. The van der Waals surface area contributed by atoms with Gasteiger partial charge in [-0.3, -0.25) is 4.79 Å². The Morgan fingerprint density at radius 2 is 1.93 bits per heavy atom. The number of hydrogen-bond donors (Lipinski definition) is 0. The zero-order valence-electron chi connectivity index (χ0n) is 14.3. The molecule has 0 fully saturated rings. The molecular weight excluding hydrogens is 361 g/mol. The first-order chi connectivity index (χ1) is 12.9. The van der Waals surface area contributed by atoms with Gasteiger partial charge in [0, 0.05) is 16.6 Å². The van der Waals surface area contributed by atoms with Crippen LogP contribution in [-0.2, 0) is 0 Å². The molecule has 0 spiro atoms. The Kier molecular flexibility index (Phi) is 3.91. The second kappa shape index (κ2) is 6.15. The van der Waals surface area contributed by atoms with Crippen molar-refractivity contribution in [3.05, 3.63) is 58.1 Å². The summed E-state index contributed by atoms with van der Waals surface area (Å²) in [5.74, 6) is -3.32. The van der Waals surface area contributed by atoms with Gasteiger partial charge in [-0.1, -0.05) is 6.08 Å². The quantitative estimate of drug-likeness (QED) is 0.678. The predicted octanol–water partition coefficient (Wildman–Crippen LogP) is 4.09. The number of aromatic nitrogens is 2. The van der Waals surface area contributed by atoms with Crippen molar-refractivity contribution in [1.82, 2.24) is 9.78 Å². The van der Waals surface area contributed by atoms with E-state index in [2.05, 4.69) is 5.10 Å². The maximum Gasteiger partial charge on any atom is 0.279 e. The van der Waals surface area contributed by atoms with E-state index in [9.17, 15) is 18.0 Å². The third kappa shape index (κ3) is 2.56. The van der Waals surface area contributed by atoms with Crippen LogP contribution in [0, 0.1) is 17.5 Å². The van der Waals surface area contributed by atoms with Gasteiger partial charge in [0.2, 0.25) is 18.4 Å². The highest BCUT2D eigenvalue weighted by molar-refractivity contribution is 5.94. The molecule has 5 nitrogen and oxygen atoms in total. The topological polar surface area (TPSA) is 53.4 Å². The summed E-state index contributed by atoms with van der Waals surface area (Å²) < 4.78 is 54.0. The van der Waals surface area contributed by atoms with Gasteiger partial charge in [-0.25, -0.2) is 13.5 Å². The van der Waals surface area contributed by atoms with E-state index in [1.54, 1.807) is 19.9 Å². The maximum atomic E-state index is 14.7. The highest BCUT2D eigenvalue weighted by Gasteiger charge is 2.27. The maximum absolute atomic E-state index is 14.7. The molecule has 0 atom stereocenters. The van der Waals surface area contributed by atoms with Gasteiger partial charge in [-0.15, -0.1) is 0 Å². The van der Waals surface area contributed by atoms with E-state index < -0.39 is 23.0 Å². The molecule has 1 aliphatic rings. The van der Waals surface area contributed by atoms with Gasteiger partial charge in [0.15, 0.2) is 11.6 Å². The van der Waals surface area contributed by atoms with Gasteiger partial charge >= 0.3 is 0 Å². The van der Waals surface area contributed by atoms with E-state index in [0.717, 1.165) is 16.8 Å². The normalized spacial score (nSPS) is 13.4. The number of ether oxygens (including phenoxy) is 2. The number of allylic oxidation sites excluding steroid dienone is 2. The Morgan fingerprint density at radius 3 is 2.67 bits per heavy atom. The molecule has 1 aromatic heterocycles. The average Bonchev–Trinajstić information content (AvgIpc) is 3.14. The van der Waals surface area contributed by atoms with Crippen molar-refractivity contribution < 1.29 is 22.6 Å². The molecule has 0 N–H and O–H groups in total. The van der Waals surface area contributed by atoms with Crippen molar-refractivity contribution in [2.45, 2.75) is 13.8 Å². The molecule has 2 aromatic carbocycles. The number of nitrogens with zero attached hydrogens (tertiary/aromatic N) is 2. The van der Waals surface area contributed by atoms with E-state index in [1.807, 2.05) is 0 Å². The number of halogens is 3. The lowest BCUT2D eigenvalue weighted by Crippen LogP contribution is -2.22. The van der Waals surface area contributed by atoms with Crippen molar-refractivity contribution >= 4 is 16.5 Å². The van der Waals surface area contributed by atoms with Gasteiger partial charge in [-0.05, 0) is 38.1 Å². The molecule has 0 unspecified atom stereocenters. The average molecular weight is 374 g/mol. The van der Waals surface area contributed by atoms with Crippen molar-refractivity contribution in [2.75, 3.05) is 6.79 Å². The largest absolute Gasteiger partial charge is 0.453 e. The fourth-order valence-electron chi connectivity index (χ4n) is 2.93. The molecule has 27 heavy (non-hydrogen) atoms. The van der Waals surface area contributed by atoms with Crippen LogP contribution in [0.15, 0.2) is 35.1 Å². The molecule has 2 heterocycles. The molecule has 0 amide bonds. The lowest BCUT2D eigenvalue weighted by Gasteiger charge is -2.13. The lowest BCUT2D eigenvalue weighted by molar-refractivity contribution is 0.170. The first kappa shape index (κ1) is 17.1. The Balaban J connectivity index is 2.13. The minimum atomic E-state index is -1.21. The summed E-state index contributed by atoms with van der Waals surface area (Å²) in [4.78, 5) is 12.7. The number of rotatable bonds is 2. The van der Waals surface area contributed by atoms with Crippen LogP contribution in [0.1, 0.15) is 13.8 Å². The summed E-state index contributed by atoms with van der Waals surface area (Å²) in [7, 11) is 0. The molecule has 0 saturated carbocycles. The lowest BCUT2D eigenvalue weighted by atomic mass is 10.0. The molecule has 8 heteroatoms. The summed E-state index contributed by atoms with van der Waals surface area (Å²) in [5, 5.41) is 4.40. The Labute approximate surface area is 151 Å². The monoisotopic (exact) mass is 374 g/mol. The minimum Gasteiger partial charge on any atom is -0.453 e. The fraction of sp³-hybridized carbons (Fsp3) is 0.158. The number of benzene rings is 2. The summed E-state index contributed by atoms with van der Waals surface area (Å²) >= 11 is 0. The summed E-state index contributed by atoms with van der Waals surface area (Å²) in [6, 6.07) is 4.74. The first-order valence-corrected chi connectivity index (χ1v) is 8.06. The van der Waals surface area contributed by atoms with Crippen LogP contribution >= 0.6 is 0 Å². The van der Waals surface area contributed by atoms with Crippen LogP contribution in [-0.4, -0.2) is 16.6 Å². The molecule has 0 bridgehead atoms. The van der Waals surface area contributed by atoms with Crippen LogP contribution in [0.25, 0.3) is 27.7 Å². The van der Waals surface area contributed by atoms with E-state index >= 15 is 0 Å². The van der Waals surface area contributed by atoms with E-state index in [0.29, 0.717) is 5.70 Å². The molecular formula is C19H13F3N2O3. The van der Waals surface area contributed by atoms with E-state index in [4.69, 9.17) is 9.47 Å². The van der Waals surface area contributed by atoms with Gasteiger partial charge in [0.25, 0.3) is 5.56 Å². The summed E-state index contributed by atoms with van der Waals surface area (Å²) in [6.45, 7) is 3.09. The highest BCUT2D eigenvalue weighted by atomic mass is 19.2. The van der Waals surface area contributed by atoms with Gasteiger partial charge in [0.05, 0.1) is 5.39 Å². The zero-order valence-corrected chi connectivity index (χ0v) is 14.3. The first-order valence-electron chi connectivity index (χ1n) is 8.06. The third-order valence-corrected chi connectivity index (χ3v) is 4.41. The molecule has 3 aromatic rings. The fourth-order valence-corrected chi connectivity index (χ4v) is 2.93. The molecule has 4 rings (SSSR count). The van der Waals surface area contributed by atoms with Crippen LogP contribution in [0.2, 0.25) is 0 Å². The molecule has 1 aliphatic heterocycles. The Hall–Kier alpha value is -3.29. The predicted molar refractivity (Wildman–Crippen MR) is 93.1 cm³/mol. The van der Waals surface area contributed by atoms with Crippen LogP contribution in [0.4, 0.5) is 13.2 Å². The Morgan fingerprint density at radius 1 is 1.15 bits per heavy atom. The summed E-state index contributed by atoms with van der Waals surface area (Å²) in [5.41, 5.74) is -0.342. The standard InChI is InChI=1S/C19H13F3N2O3/c1-3-9(2)24-19(25)12-6-10(20)4-5-11(12)17(23-24)13-7-14-18(27-8-26-14)16(22)15(13)21/h3-7H,8H2,1-2H3/b9-3+. The Bertz CT molecular complexity index is 1190. The molecule has 0 aliphatic carbocycles. The SMILES string of the molecule is C/C=C(\C)n1nc(-c2cc3c(c(F)c2F)OCO3)c2ccc(F)cc2c1=O.